The van der Waals surface area contributed by atoms with Gasteiger partial charge in [0.1, 0.15) is 0 Å². The highest BCUT2D eigenvalue weighted by Crippen LogP contribution is 2.53. The van der Waals surface area contributed by atoms with Crippen molar-refractivity contribution in [3.63, 3.8) is 0 Å². The second-order valence-electron chi connectivity index (χ2n) is 24.6. The minimum absolute atomic E-state index is 0.446. The Morgan fingerprint density at radius 1 is 0.493 bits per heavy atom. The summed E-state index contributed by atoms with van der Waals surface area (Å²) in [6.45, 7) is 67.2. The Kier molecular flexibility index (Phi) is 49.1. The highest BCUT2D eigenvalue weighted by molar-refractivity contribution is 7.63. The predicted molar refractivity (Wildman–Crippen MR) is 320 cm³/mol. The molecular formula is C62H137NO2P2. The Balaban J connectivity index is -0.000000220. The van der Waals surface area contributed by atoms with Crippen LogP contribution in [-0.2, 0) is 9.30 Å². The summed E-state index contributed by atoms with van der Waals surface area (Å²) < 4.78 is 16.9. The standard InChI is InChI=1S/C12H24.C9H18.C8H16O.C8H18.C7H16.C6H15N.C6H15OP.C6H15P/c1-10(2)7-11(3,4)9-12(5,6)8-10;1-7-4-8(2)6-9(3)5-7;1-6-4-7(2)9-8(3)5-6;1-5-8(4,6-2)7-3;2*1-4-7(5-2)6-3;1-4-8(7,5-2)6-3;1-4-7(5-2)6-3/h7-9H2,1-6H3;7-9H,4-6H2,1-3H3;6-8H,4-5H2,1-3H3;5-7H2,1-4H3;7H,4-6H2,1-3H3;4-6H2,1-3H3;4-6H2,1-3H3;4-6H2,1-3H3/t;;6?,7-,8+;;;;;. The molecule has 0 amide bonds. The molecule has 3 aliphatic rings. The fourth-order valence-corrected chi connectivity index (χ4v) is 14.5. The van der Waals surface area contributed by atoms with E-state index in [0.717, 1.165) is 48.1 Å². The summed E-state index contributed by atoms with van der Waals surface area (Å²) in [7, 11) is -1.22. The summed E-state index contributed by atoms with van der Waals surface area (Å²) in [6.07, 6.45) is 26.9. The van der Waals surface area contributed by atoms with Crippen LogP contribution in [0.1, 0.15) is 284 Å². The Labute approximate surface area is 431 Å². The molecule has 3 nitrogen and oxygen atoms in total. The van der Waals surface area contributed by atoms with Crippen molar-refractivity contribution in [2.45, 2.75) is 296 Å². The molecule has 1 unspecified atom stereocenters. The summed E-state index contributed by atoms with van der Waals surface area (Å²) in [5.74, 6) is 4.82. The van der Waals surface area contributed by atoms with Crippen LogP contribution in [0.2, 0.25) is 0 Å². The second kappa shape index (κ2) is 43.0. The Morgan fingerprint density at radius 2 is 0.746 bits per heavy atom. The molecule has 0 radical (unpaired) electrons. The van der Waals surface area contributed by atoms with E-state index in [4.69, 9.17) is 4.74 Å². The highest BCUT2D eigenvalue weighted by Gasteiger charge is 2.42. The Hall–Kier alpha value is 0.580. The minimum Gasteiger partial charge on any atom is -0.376 e. The van der Waals surface area contributed by atoms with Crippen molar-refractivity contribution in [1.29, 1.82) is 0 Å². The molecule has 0 spiro atoms. The zero-order valence-electron chi connectivity index (χ0n) is 52.5. The van der Waals surface area contributed by atoms with Crippen molar-refractivity contribution in [2.75, 3.05) is 56.6 Å². The average Bonchev–Trinajstić information content (AvgIpc) is 3.24. The molecule has 0 bridgehead atoms. The third kappa shape index (κ3) is 45.0. The molecule has 2 aliphatic carbocycles. The van der Waals surface area contributed by atoms with Crippen molar-refractivity contribution >= 4 is 15.1 Å². The van der Waals surface area contributed by atoms with Gasteiger partial charge >= 0.3 is 0 Å². The molecule has 3 fully saturated rings. The normalized spacial score (nSPS) is 23.8. The van der Waals surface area contributed by atoms with Crippen LogP contribution in [-0.4, -0.2) is 73.7 Å². The molecule has 3 atom stereocenters. The third-order valence-electron chi connectivity index (χ3n) is 15.9. The number of rotatable bonds is 15. The lowest BCUT2D eigenvalue weighted by Crippen LogP contribution is -2.38. The fraction of sp³-hybridized carbons (Fsp3) is 1.00. The number of nitrogens with zero attached hydrogens (tertiary/aromatic N) is 1. The van der Waals surface area contributed by atoms with Gasteiger partial charge in [-0.15, -0.1) is 7.92 Å². The number of ether oxygens (including phenoxy) is 1. The van der Waals surface area contributed by atoms with Crippen LogP contribution < -0.4 is 0 Å². The molecule has 0 aromatic carbocycles. The van der Waals surface area contributed by atoms with Gasteiger partial charge in [-0.3, -0.25) is 0 Å². The van der Waals surface area contributed by atoms with E-state index in [2.05, 4.69) is 178 Å². The van der Waals surface area contributed by atoms with Crippen molar-refractivity contribution in [2.24, 2.45) is 51.2 Å². The molecular weight excluding hydrogens is 853 g/mol. The Bertz CT molecular complexity index is 895. The molecule has 1 saturated heterocycles. The molecule has 0 aromatic heterocycles. The van der Waals surface area contributed by atoms with E-state index in [1.165, 1.54) is 128 Å². The molecule has 2 saturated carbocycles. The lowest BCUT2D eigenvalue weighted by atomic mass is 9.56. The maximum Gasteiger partial charge on any atom is 0.0869 e. The van der Waals surface area contributed by atoms with Gasteiger partial charge in [0.15, 0.2) is 0 Å². The van der Waals surface area contributed by atoms with E-state index in [0.29, 0.717) is 41.8 Å². The average molecular weight is 991 g/mol. The first-order chi connectivity index (χ1) is 30.9. The first-order valence-electron chi connectivity index (χ1n) is 29.6. The van der Waals surface area contributed by atoms with Gasteiger partial charge in [0.25, 0.3) is 0 Å². The van der Waals surface area contributed by atoms with Crippen LogP contribution in [0, 0.1) is 51.2 Å². The summed E-state index contributed by atoms with van der Waals surface area (Å²) in [6, 6.07) is 0. The van der Waals surface area contributed by atoms with Gasteiger partial charge in [0.05, 0.1) is 19.3 Å². The van der Waals surface area contributed by atoms with Crippen molar-refractivity contribution in [3.05, 3.63) is 0 Å². The lowest BCUT2D eigenvalue weighted by molar-refractivity contribution is -0.0485. The van der Waals surface area contributed by atoms with Crippen molar-refractivity contribution < 1.29 is 9.30 Å². The maximum atomic E-state index is 11.3. The van der Waals surface area contributed by atoms with E-state index in [1.807, 2.05) is 20.8 Å². The molecule has 67 heavy (non-hydrogen) atoms. The fourth-order valence-electron chi connectivity index (χ4n) is 11.8. The van der Waals surface area contributed by atoms with Gasteiger partial charge in [0.2, 0.25) is 0 Å². The van der Waals surface area contributed by atoms with Gasteiger partial charge in [-0.25, -0.2) is 0 Å². The third-order valence-corrected chi connectivity index (χ3v) is 22.1. The van der Waals surface area contributed by atoms with Crippen LogP contribution in [0.25, 0.3) is 0 Å². The Morgan fingerprint density at radius 3 is 0.851 bits per heavy atom. The molecule has 0 N–H and O–H groups in total. The lowest BCUT2D eigenvalue weighted by Gasteiger charge is -2.49. The van der Waals surface area contributed by atoms with Crippen molar-refractivity contribution in [1.82, 2.24) is 4.90 Å². The largest absolute Gasteiger partial charge is 0.376 e. The van der Waals surface area contributed by atoms with Crippen LogP contribution in [0.15, 0.2) is 0 Å². The zero-order valence-corrected chi connectivity index (χ0v) is 54.3. The summed E-state index contributed by atoms with van der Waals surface area (Å²) in [5.41, 5.74) is 2.27. The summed E-state index contributed by atoms with van der Waals surface area (Å²) >= 11 is 0. The van der Waals surface area contributed by atoms with E-state index in [-0.39, 0.29) is 0 Å². The predicted octanol–water partition coefficient (Wildman–Crippen LogP) is 21.9. The number of hydrogen-bond acceptors (Lipinski definition) is 3. The van der Waals surface area contributed by atoms with Crippen LogP contribution in [0.4, 0.5) is 0 Å². The quantitative estimate of drug-likeness (QED) is 0.153. The SMILES string of the molecule is CC1(C)CC(C)(C)CC(C)(C)C1.CC1CC(C)CC(C)C1.CC1C[C@@H](C)O[C@@H](C)C1.CCC(C)(CC)CC.CCC(CC)CC.CCN(CC)CC.CCP(=O)(CC)CC.CCP(CC)CC. The van der Waals surface area contributed by atoms with Crippen LogP contribution in [0.5, 0.6) is 0 Å². The first kappa shape index (κ1) is 76.5. The van der Waals surface area contributed by atoms with E-state index in [1.54, 1.807) is 0 Å². The van der Waals surface area contributed by atoms with E-state index >= 15 is 0 Å². The molecule has 3 rings (SSSR count). The molecule has 1 aliphatic heterocycles. The highest BCUT2D eigenvalue weighted by atomic mass is 31.2. The maximum absolute atomic E-state index is 11.3. The molecule has 5 heteroatoms. The monoisotopic (exact) mass is 990 g/mol. The molecule has 1 heterocycles. The number of hydrogen-bond donors (Lipinski definition) is 0. The van der Waals surface area contributed by atoms with Crippen LogP contribution in [0.3, 0.4) is 0 Å². The van der Waals surface area contributed by atoms with E-state index in [9.17, 15) is 4.57 Å². The van der Waals surface area contributed by atoms with Gasteiger partial charge in [-0.05, 0) is 173 Å². The van der Waals surface area contributed by atoms with Gasteiger partial charge in [0, 0.05) is 0 Å². The first-order valence-corrected chi connectivity index (χ1v) is 33.7. The minimum atomic E-state index is -1.66. The zero-order chi connectivity index (χ0) is 53.7. The van der Waals surface area contributed by atoms with Gasteiger partial charge < -0.3 is 14.2 Å². The topological polar surface area (TPSA) is 29.5 Å². The van der Waals surface area contributed by atoms with Crippen LogP contribution >= 0.6 is 15.1 Å². The second-order valence-corrected chi connectivity index (χ2v) is 31.8. The van der Waals surface area contributed by atoms with E-state index < -0.39 is 7.14 Å². The van der Waals surface area contributed by atoms with Crippen molar-refractivity contribution in [3.8, 4) is 0 Å². The van der Waals surface area contributed by atoms with Gasteiger partial charge in [-0.2, -0.15) is 0 Å². The summed E-state index contributed by atoms with van der Waals surface area (Å²) in [4.78, 5) is 2.38. The molecule has 0 aromatic rings. The summed E-state index contributed by atoms with van der Waals surface area (Å²) in [5, 5.41) is 0. The molecule has 412 valence electrons. The van der Waals surface area contributed by atoms with Gasteiger partial charge in [-0.1, -0.05) is 219 Å². The smallest absolute Gasteiger partial charge is 0.0869 e.